The molecule has 1 aliphatic rings. The number of anilines is 1. The fraction of sp³-hybridized carbons (Fsp3) is 0.353. The highest BCUT2D eigenvalue weighted by Crippen LogP contribution is 2.23. The van der Waals surface area contributed by atoms with Gasteiger partial charge in [0.2, 0.25) is 10.0 Å². The molecule has 2 heterocycles. The van der Waals surface area contributed by atoms with Gasteiger partial charge >= 0.3 is 0 Å². The summed E-state index contributed by atoms with van der Waals surface area (Å²) in [5.74, 6) is -0.370. The minimum Gasteiger partial charge on any atom is -0.345 e. The van der Waals surface area contributed by atoms with Crippen LogP contribution in [0.1, 0.15) is 29.8 Å². The standard InChI is InChI=1S/C17H20ClN3O3S/c1-20-12-15(25(23,24)21-9-3-2-4-10-21)11-16(20)17(22)19-14-7-5-13(18)6-8-14/h5-8,11-12H,2-4,9-10H2,1H3,(H,19,22). The molecule has 6 nitrogen and oxygen atoms in total. The molecule has 0 saturated carbocycles. The van der Waals surface area contributed by atoms with Crippen molar-refractivity contribution in [1.29, 1.82) is 0 Å². The average Bonchev–Trinajstić information content (AvgIpc) is 3.00. The largest absolute Gasteiger partial charge is 0.345 e. The number of nitrogens with zero attached hydrogens (tertiary/aromatic N) is 2. The highest BCUT2D eigenvalue weighted by molar-refractivity contribution is 7.89. The van der Waals surface area contributed by atoms with Crippen LogP contribution >= 0.6 is 11.6 Å². The lowest BCUT2D eigenvalue weighted by Crippen LogP contribution is -2.35. The van der Waals surface area contributed by atoms with Crippen LogP contribution in [0.5, 0.6) is 0 Å². The second-order valence-corrected chi connectivity index (χ2v) is 8.47. The predicted molar refractivity (Wildman–Crippen MR) is 97.4 cm³/mol. The zero-order chi connectivity index (χ0) is 18.0. The molecule has 0 bridgehead atoms. The number of amides is 1. The number of rotatable bonds is 4. The smallest absolute Gasteiger partial charge is 0.272 e. The maximum Gasteiger partial charge on any atom is 0.272 e. The molecule has 3 rings (SSSR count). The molecule has 1 aliphatic heterocycles. The first kappa shape index (κ1) is 18.0. The molecule has 0 unspecified atom stereocenters. The molecule has 0 atom stereocenters. The van der Waals surface area contributed by atoms with Gasteiger partial charge in [-0.15, -0.1) is 0 Å². The number of aromatic nitrogens is 1. The van der Waals surface area contributed by atoms with Gasteiger partial charge in [-0.3, -0.25) is 4.79 Å². The lowest BCUT2D eigenvalue weighted by atomic mass is 10.2. The van der Waals surface area contributed by atoms with Crippen molar-refractivity contribution in [3.05, 3.63) is 47.2 Å². The molecule has 1 aromatic carbocycles. The summed E-state index contributed by atoms with van der Waals surface area (Å²) in [5, 5.41) is 3.32. The molecule has 25 heavy (non-hydrogen) atoms. The Hall–Kier alpha value is -1.83. The van der Waals surface area contributed by atoms with E-state index in [4.69, 9.17) is 11.6 Å². The summed E-state index contributed by atoms with van der Waals surface area (Å²) < 4.78 is 28.5. The number of sulfonamides is 1. The molecule has 1 amide bonds. The van der Waals surface area contributed by atoms with Gasteiger partial charge in [0.05, 0.1) is 0 Å². The van der Waals surface area contributed by atoms with Crippen molar-refractivity contribution >= 4 is 33.2 Å². The molecule has 134 valence electrons. The Morgan fingerprint density at radius 3 is 2.40 bits per heavy atom. The predicted octanol–water partition coefficient (Wildman–Crippen LogP) is 3.11. The van der Waals surface area contributed by atoms with E-state index in [2.05, 4.69) is 5.32 Å². The highest BCUT2D eigenvalue weighted by Gasteiger charge is 2.28. The van der Waals surface area contributed by atoms with Crippen LogP contribution in [0.15, 0.2) is 41.4 Å². The third-order valence-electron chi connectivity index (χ3n) is 4.27. The molecular weight excluding hydrogens is 362 g/mol. The minimum absolute atomic E-state index is 0.151. The molecule has 1 N–H and O–H groups in total. The fourth-order valence-corrected chi connectivity index (χ4v) is 4.60. The van der Waals surface area contributed by atoms with E-state index >= 15 is 0 Å². The third-order valence-corrected chi connectivity index (χ3v) is 6.38. The maximum atomic E-state index is 12.7. The molecule has 0 spiro atoms. The second kappa shape index (κ2) is 7.19. The Labute approximate surface area is 152 Å². The van der Waals surface area contributed by atoms with Gasteiger partial charge in [-0.2, -0.15) is 4.31 Å². The summed E-state index contributed by atoms with van der Waals surface area (Å²) in [7, 11) is -1.90. The van der Waals surface area contributed by atoms with E-state index in [1.54, 1.807) is 31.3 Å². The molecule has 0 aliphatic carbocycles. The number of piperidine rings is 1. The summed E-state index contributed by atoms with van der Waals surface area (Å²) in [6, 6.07) is 8.15. The number of hydrogen-bond acceptors (Lipinski definition) is 3. The molecule has 8 heteroatoms. The van der Waals surface area contributed by atoms with Crippen LogP contribution < -0.4 is 5.32 Å². The van der Waals surface area contributed by atoms with E-state index < -0.39 is 10.0 Å². The summed E-state index contributed by atoms with van der Waals surface area (Å²) in [6.07, 6.45) is 4.28. The van der Waals surface area contributed by atoms with E-state index in [0.29, 0.717) is 23.8 Å². The van der Waals surface area contributed by atoms with Gasteiger partial charge in [0, 0.05) is 37.0 Å². The first-order valence-corrected chi connectivity index (χ1v) is 9.93. The molecule has 0 radical (unpaired) electrons. The summed E-state index contributed by atoms with van der Waals surface area (Å²) in [5.41, 5.74) is 0.876. The van der Waals surface area contributed by atoms with Gasteiger partial charge in [-0.25, -0.2) is 8.42 Å². The Balaban J connectivity index is 1.81. The highest BCUT2D eigenvalue weighted by atomic mass is 35.5. The van der Waals surface area contributed by atoms with E-state index in [0.717, 1.165) is 19.3 Å². The maximum absolute atomic E-state index is 12.7. The lowest BCUT2D eigenvalue weighted by molar-refractivity contribution is 0.101. The SMILES string of the molecule is Cn1cc(S(=O)(=O)N2CCCCC2)cc1C(=O)Nc1ccc(Cl)cc1. The molecule has 1 fully saturated rings. The normalized spacial score (nSPS) is 15.9. The first-order chi connectivity index (χ1) is 11.9. The number of hydrogen-bond donors (Lipinski definition) is 1. The second-order valence-electron chi connectivity index (χ2n) is 6.10. The summed E-state index contributed by atoms with van der Waals surface area (Å²) in [6.45, 7) is 1.06. The number of halogens is 1. The minimum atomic E-state index is -3.56. The van der Waals surface area contributed by atoms with Gasteiger partial charge in [-0.05, 0) is 43.2 Å². The van der Waals surface area contributed by atoms with Crippen molar-refractivity contribution < 1.29 is 13.2 Å². The zero-order valence-electron chi connectivity index (χ0n) is 13.9. The molecular formula is C17H20ClN3O3S. The Kier molecular flexibility index (Phi) is 5.17. The zero-order valence-corrected chi connectivity index (χ0v) is 15.5. The van der Waals surface area contributed by atoms with Gasteiger partial charge in [0.1, 0.15) is 10.6 Å². The Bertz CT molecular complexity index is 869. The van der Waals surface area contributed by atoms with Crippen molar-refractivity contribution in [2.75, 3.05) is 18.4 Å². The van der Waals surface area contributed by atoms with E-state index in [1.165, 1.54) is 21.1 Å². The number of nitrogens with one attached hydrogen (secondary N) is 1. The van der Waals surface area contributed by atoms with Gasteiger partial charge in [0.15, 0.2) is 0 Å². The van der Waals surface area contributed by atoms with Crippen molar-refractivity contribution in [3.63, 3.8) is 0 Å². The van der Waals surface area contributed by atoms with E-state index in [-0.39, 0.29) is 16.5 Å². The number of benzene rings is 1. The topological polar surface area (TPSA) is 71.4 Å². The van der Waals surface area contributed by atoms with Crippen molar-refractivity contribution in [1.82, 2.24) is 8.87 Å². The number of aryl methyl sites for hydroxylation is 1. The third kappa shape index (κ3) is 3.89. The van der Waals surface area contributed by atoms with Crippen molar-refractivity contribution in [2.24, 2.45) is 7.05 Å². The van der Waals surface area contributed by atoms with E-state index in [1.807, 2.05) is 0 Å². The van der Waals surface area contributed by atoms with Gasteiger partial charge in [0.25, 0.3) is 5.91 Å². The van der Waals surface area contributed by atoms with Crippen LogP contribution in [-0.4, -0.2) is 36.3 Å². The quantitative estimate of drug-likeness (QED) is 0.884. The molecule has 1 aromatic heterocycles. The number of carbonyl (C=O) groups excluding carboxylic acids is 1. The fourth-order valence-electron chi connectivity index (χ4n) is 2.88. The monoisotopic (exact) mass is 381 g/mol. The van der Waals surface area contributed by atoms with Crippen LogP contribution in [-0.2, 0) is 17.1 Å². The van der Waals surface area contributed by atoms with Crippen LogP contribution in [0, 0.1) is 0 Å². The summed E-state index contributed by atoms with van der Waals surface area (Å²) in [4.78, 5) is 12.6. The molecule has 1 saturated heterocycles. The van der Waals surface area contributed by atoms with Crippen LogP contribution in [0.4, 0.5) is 5.69 Å². The van der Waals surface area contributed by atoms with Gasteiger partial charge in [-0.1, -0.05) is 18.0 Å². The van der Waals surface area contributed by atoms with Gasteiger partial charge < -0.3 is 9.88 Å². The summed E-state index contributed by atoms with van der Waals surface area (Å²) >= 11 is 5.83. The number of carbonyl (C=O) groups is 1. The van der Waals surface area contributed by atoms with Crippen LogP contribution in [0.3, 0.4) is 0 Å². The molecule has 2 aromatic rings. The van der Waals surface area contributed by atoms with E-state index in [9.17, 15) is 13.2 Å². The Morgan fingerprint density at radius 2 is 1.76 bits per heavy atom. The van der Waals surface area contributed by atoms with Crippen molar-refractivity contribution in [2.45, 2.75) is 24.2 Å². The average molecular weight is 382 g/mol. The lowest BCUT2D eigenvalue weighted by Gasteiger charge is -2.25. The Morgan fingerprint density at radius 1 is 1.12 bits per heavy atom. The van der Waals surface area contributed by atoms with Crippen LogP contribution in [0.2, 0.25) is 5.02 Å². The van der Waals surface area contributed by atoms with Crippen molar-refractivity contribution in [3.8, 4) is 0 Å². The van der Waals surface area contributed by atoms with Crippen LogP contribution in [0.25, 0.3) is 0 Å². The first-order valence-electron chi connectivity index (χ1n) is 8.11.